The summed E-state index contributed by atoms with van der Waals surface area (Å²) in [4.78, 5) is 12.1. The number of carbonyl (C=O) groups excluding carboxylic acids is 1. The van der Waals surface area contributed by atoms with Crippen LogP contribution in [-0.2, 0) is 11.8 Å². The Hall–Kier alpha value is -1.97. The third-order valence-electron chi connectivity index (χ3n) is 3.86. The quantitative estimate of drug-likeness (QED) is 0.291. The molecular formula is C19H17Br2N5OS. The fourth-order valence-electron chi connectivity index (χ4n) is 2.38. The highest BCUT2D eigenvalue weighted by Crippen LogP contribution is 2.24. The third kappa shape index (κ3) is 5.30. The van der Waals surface area contributed by atoms with Gasteiger partial charge in [-0.25, -0.2) is 5.43 Å². The van der Waals surface area contributed by atoms with E-state index in [-0.39, 0.29) is 11.7 Å². The maximum Gasteiger partial charge on any atom is 0.250 e. The minimum absolute atomic E-state index is 0.196. The van der Waals surface area contributed by atoms with Crippen LogP contribution in [0.2, 0.25) is 0 Å². The fraction of sp³-hybridized carbons (Fsp3) is 0.158. The summed E-state index contributed by atoms with van der Waals surface area (Å²) in [7, 11) is 1.88. The molecule has 1 N–H and O–H groups in total. The first-order valence-corrected chi connectivity index (χ1v) is 10.9. The van der Waals surface area contributed by atoms with Gasteiger partial charge in [0.25, 0.3) is 5.91 Å². The molecule has 0 aliphatic heterocycles. The number of hydrogen-bond acceptors (Lipinski definition) is 5. The van der Waals surface area contributed by atoms with Crippen LogP contribution in [-0.4, -0.2) is 32.1 Å². The first-order valence-electron chi connectivity index (χ1n) is 8.31. The number of thioether (sulfide) groups is 1. The molecule has 0 fully saturated rings. The van der Waals surface area contributed by atoms with Crippen molar-refractivity contribution in [2.45, 2.75) is 12.1 Å². The van der Waals surface area contributed by atoms with E-state index < -0.39 is 0 Å². The van der Waals surface area contributed by atoms with E-state index in [4.69, 9.17) is 0 Å². The number of benzene rings is 2. The van der Waals surface area contributed by atoms with Crippen molar-refractivity contribution < 1.29 is 4.79 Å². The van der Waals surface area contributed by atoms with Crippen LogP contribution in [0.1, 0.15) is 12.5 Å². The molecule has 0 bridgehead atoms. The van der Waals surface area contributed by atoms with E-state index in [1.807, 2.05) is 67.1 Å². The SMILES string of the molecule is C/C(=N/NC(=O)CSc1nnc(-c2cccc(Br)c2)n1C)c1ccc(Br)cc1. The number of amides is 1. The second-order valence-electron chi connectivity index (χ2n) is 5.90. The van der Waals surface area contributed by atoms with Gasteiger partial charge in [-0.05, 0) is 36.8 Å². The first kappa shape index (κ1) is 20.8. The Labute approximate surface area is 184 Å². The normalized spacial score (nSPS) is 11.5. The smallest absolute Gasteiger partial charge is 0.250 e. The van der Waals surface area contributed by atoms with Crippen molar-refractivity contribution in [1.29, 1.82) is 0 Å². The van der Waals surface area contributed by atoms with Gasteiger partial charge in [0.2, 0.25) is 0 Å². The average Bonchev–Trinajstić information content (AvgIpc) is 3.05. The zero-order valence-electron chi connectivity index (χ0n) is 15.2. The summed E-state index contributed by atoms with van der Waals surface area (Å²) in [6, 6.07) is 15.6. The fourth-order valence-corrected chi connectivity index (χ4v) is 3.75. The topological polar surface area (TPSA) is 72.2 Å². The lowest BCUT2D eigenvalue weighted by Crippen LogP contribution is -2.21. The van der Waals surface area contributed by atoms with E-state index in [0.29, 0.717) is 5.16 Å². The summed E-state index contributed by atoms with van der Waals surface area (Å²) in [5.74, 6) is 0.739. The molecule has 0 atom stereocenters. The Bertz CT molecular complexity index is 1020. The maximum absolute atomic E-state index is 12.1. The van der Waals surface area contributed by atoms with Crippen molar-refractivity contribution in [1.82, 2.24) is 20.2 Å². The molecule has 9 heteroatoms. The van der Waals surface area contributed by atoms with Crippen molar-refractivity contribution in [3.63, 3.8) is 0 Å². The highest BCUT2D eigenvalue weighted by Gasteiger charge is 2.13. The zero-order chi connectivity index (χ0) is 20.1. The number of hydrazone groups is 1. The summed E-state index contributed by atoms with van der Waals surface area (Å²) in [6.07, 6.45) is 0. The van der Waals surface area contributed by atoms with Crippen LogP contribution in [0, 0.1) is 0 Å². The second-order valence-corrected chi connectivity index (χ2v) is 8.68. The number of halogens is 2. The van der Waals surface area contributed by atoms with Gasteiger partial charge in [-0.1, -0.05) is 67.9 Å². The zero-order valence-corrected chi connectivity index (χ0v) is 19.2. The van der Waals surface area contributed by atoms with Crippen LogP contribution in [0.15, 0.2) is 67.7 Å². The van der Waals surface area contributed by atoms with Gasteiger partial charge in [-0.2, -0.15) is 5.10 Å². The molecule has 6 nitrogen and oxygen atoms in total. The lowest BCUT2D eigenvalue weighted by atomic mass is 10.1. The Balaban J connectivity index is 1.59. The molecule has 28 heavy (non-hydrogen) atoms. The average molecular weight is 523 g/mol. The van der Waals surface area contributed by atoms with E-state index >= 15 is 0 Å². The molecule has 0 spiro atoms. The van der Waals surface area contributed by atoms with Gasteiger partial charge in [0.1, 0.15) is 0 Å². The summed E-state index contributed by atoms with van der Waals surface area (Å²) >= 11 is 8.17. The Morgan fingerprint density at radius 2 is 1.89 bits per heavy atom. The monoisotopic (exact) mass is 521 g/mol. The minimum Gasteiger partial charge on any atom is -0.305 e. The lowest BCUT2D eigenvalue weighted by Gasteiger charge is -2.05. The van der Waals surface area contributed by atoms with Crippen molar-refractivity contribution >= 4 is 55.2 Å². The van der Waals surface area contributed by atoms with Gasteiger partial charge in [-0.3, -0.25) is 4.79 Å². The molecule has 1 amide bonds. The van der Waals surface area contributed by atoms with Crippen molar-refractivity contribution in [3.8, 4) is 11.4 Å². The third-order valence-corrected chi connectivity index (χ3v) is 5.90. The highest BCUT2D eigenvalue weighted by atomic mass is 79.9. The Kier molecular flexibility index (Phi) is 7.03. The molecule has 0 radical (unpaired) electrons. The molecule has 0 saturated heterocycles. The highest BCUT2D eigenvalue weighted by molar-refractivity contribution is 9.10. The van der Waals surface area contributed by atoms with Crippen molar-refractivity contribution in [2.24, 2.45) is 12.1 Å². The van der Waals surface area contributed by atoms with Crippen LogP contribution in [0.3, 0.4) is 0 Å². The van der Waals surface area contributed by atoms with Gasteiger partial charge in [0, 0.05) is 21.6 Å². The van der Waals surface area contributed by atoms with E-state index in [1.165, 1.54) is 11.8 Å². The van der Waals surface area contributed by atoms with Crippen LogP contribution in [0.25, 0.3) is 11.4 Å². The largest absolute Gasteiger partial charge is 0.305 e. The summed E-state index contributed by atoms with van der Waals surface area (Å²) < 4.78 is 3.84. The molecule has 0 unspecified atom stereocenters. The summed E-state index contributed by atoms with van der Waals surface area (Å²) in [5, 5.41) is 13.2. The molecule has 0 aliphatic carbocycles. The van der Waals surface area contributed by atoms with Crippen molar-refractivity contribution in [3.05, 3.63) is 63.0 Å². The molecule has 144 valence electrons. The number of aromatic nitrogens is 3. The van der Waals surface area contributed by atoms with E-state index in [1.54, 1.807) is 0 Å². The Morgan fingerprint density at radius 3 is 2.61 bits per heavy atom. The predicted molar refractivity (Wildman–Crippen MR) is 119 cm³/mol. The van der Waals surface area contributed by atoms with Crippen LogP contribution in [0.5, 0.6) is 0 Å². The molecule has 1 heterocycles. The van der Waals surface area contributed by atoms with E-state index in [0.717, 1.165) is 31.6 Å². The number of hydrogen-bond donors (Lipinski definition) is 1. The molecular weight excluding hydrogens is 506 g/mol. The maximum atomic E-state index is 12.1. The standard InChI is InChI=1S/C19H17Br2N5OS/c1-12(13-6-8-15(20)9-7-13)22-23-17(27)11-28-19-25-24-18(26(19)2)14-4-3-5-16(21)10-14/h3-10H,11H2,1-2H3,(H,23,27)/b22-12-. The predicted octanol–water partition coefficient (Wildman–Crippen LogP) is 4.64. The molecule has 3 aromatic rings. The summed E-state index contributed by atoms with van der Waals surface area (Å²) in [6.45, 7) is 1.85. The molecule has 2 aromatic carbocycles. The molecule has 3 rings (SSSR count). The second kappa shape index (κ2) is 9.49. The van der Waals surface area contributed by atoms with Gasteiger partial charge in [-0.15, -0.1) is 10.2 Å². The van der Waals surface area contributed by atoms with E-state index in [2.05, 4.69) is 52.6 Å². The van der Waals surface area contributed by atoms with Crippen molar-refractivity contribution in [2.75, 3.05) is 5.75 Å². The number of carbonyl (C=O) groups is 1. The Morgan fingerprint density at radius 1 is 1.14 bits per heavy atom. The van der Waals surface area contributed by atoms with Crippen LogP contribution < -0.4 is 5.43 Å². The van der Waals surface area contributed by atoms with Gasteiger partial charge in [0.05, 0.1) is 11.5 Å². The van der Waals surface area contributed by atoms with Crippen LogP contribution >= 0.6 is 43.6 Å². The molecule has 0 aliphatic rings. The lowest BCUT2D eigenvalue weighted by molar-refractivity contribution is -0.118. The number of rotatable bonds is 6. The first-order chi connectivity index (χ1) is 13.4. The number of nitrogens with zero attached hydrogens (tertiary/aromatic N) is 4. The number of nitrogens with one attached hydrogen (secondary N) is 1. The van der Waals surface area contributed by atoms with Gasteiger partial charge >= 0.3 is 0 Å². The van der Waals surface area contributed by atoms with Gasteiger partial charge in [0.15, 0.2) is 11.0 Å². The molecule has 0 saturated carbocycles. The van der Waals surface area contributed by atoms with E-state index in [9.17, 15) is 4.79 Å². The minimum atomic E-state index is -0.200. The van der Waals surface area contributed by atoms with Crippen LogP contribution in [0.4, 0.5) is 0 Å². The molecule has 1 aromatic heterocycles. The van der Waals surface area contributed by atoms with Gasteiger partial charge < -0.3 is 4.57 Å². The summed E-state index contributed by atoms with van der Waals surface area (Å²) in [5.41, 5.74) is 5.22.